The number of nitrogens with one attached hydrogen (secondary N) is 2. The van der Waals surface area contributed by atoms with E-state index in [4.69, 9.17) is 0 Å². The zero-order valence-electron chi connectivity index (χ0n) is 10.8. The van der Waals surface area contributed by atoms with Crippen LogP contribution in [-0.4, -0.2) is 44.5 Å². The molecule has 1 aliphatic rings. The van der Waals surface area contributed by atoms with Crippen LogP contribution >= 0.6 is 0 Å². The summed E-state index contributed by atoms with van der Waals surface area (Å²) >= 11 is 0. The molecule has 1 aromatic rings. The van der Waals surface area contributed by atoms with Gasteiger partial charge in [0.15, 0.2) is 0 Å². The summed E-state index contributed by atoms with van der Waals surface area (Å²) in [7, 11) is -3.70. The first-order valence-corrected chi connectivity index (χ1v) is 7.97. The molecule has 1 aliphatic heterocycles. The molecule has 0 aliphatic carbocycles. The van der Waals surface area contributed by atoms with Gasteiger partial charge in [-0.2, -0.15) is 0 Å². The predicted octanol–water partition coefficient (Wildman–Crippen LogP) is 0.139. The molecule has 1 aromatic heterocycles. The maximum absolute atomic E-state index is 11.9. The molecule has 106 valence electrons. The van der Waals surface area contributed by atoms with Gasteiger partial charge >= 0.3 is 0 Å². The highest BCUT2D eigenvalue weighted by molar-refractivity contribution is 7.89. The van der Waals surface area contributed by atoms with Crippen molar-refractivity contribution >= 4 is 10.0 Å². The van der Waals surface area contributed by atoms with Crippen molar-refractivity contribution < 1.29 is 8.42 Å². The number of rotatable bonds is 6. The molecule has 0 amide bonds. The number of H-pyrrole nitrogens is 1. The van der Waals surface area contributed by atoms with Crippen molar-refractivity contribution in [3.63, 3.8) is 0 Å². The highest BCUT2D eigenvalue weighted by atomic mass is 32.2. The third kappa shape index (κ3) is 3.89. The van der Waals surface area contributed by atoms with E-state index in [9.17, 15) is 13.2 Å². The van der Waals surface area contributed by atoms with Gasteiger partial charge in [0.05, 0.1) is 0 Å². The van der Waals surface area contributed by atoms with Crippen molar-refractivity contribution in [1.82, 2.24) is 14.6 Å². The van der Waals surface area contributed by atoms with Crippen LogP contribution in [0.3, 0.4) is 0 Å². The van der Waals surface area contributed by atoms with Gasteiger partial charge in [0.1, 0.15) is 4.90 Å². The van der Waals surface area contributed by atoms with Crippen LogP contribution in [0.25, 0.3) is 0 Å². The van der Waals surface area contributed by atoms with Crippen LogP contribution in [0.2, 0.25) is 0 Å². The van der Waals surface area contributed by atoms with Crippen LogP contribution in [-0.2, 0) is 10.0 Å². The van der Waals surface area contributed by atoms with Crippen molar-refractivity contribution in [2.75, 3.05) is 26.2 Å². The average molecular weight is 285 g/mol. The smallest absolute Gasteiger partial charge is 0.245 e. The first-order chi connectivity index (χ1) is 9.09. The van der Waals surface area contributed by atoms with E-state index in [1.807, 2.05) is 0 Å². The Kier molecular flexibility index (Phi) is 4.73. The summed E-state index contributed by atoms with van der Waals surface area (Å²) in [6.45, 7) is 3.46. The summed E-state index contributed by atoms with van der Waals surface area (Å²) in [6.07, 6.45) is 5.83. The Hall–Kier alpha value is -1.18. The number of hydrogen-bond donors (Lipinski definition) is 2. The molecule has 0 atom stereocenters. The molecule has 1 fully saturated rings. The van der Waals surface area contributed by atoms with Gasteiger partial charge in [-0.05, 0) is 38.9 Å². The van der Waals surface area contributed by atoms with Gasteiger partial charge in [-0.25, -0.2) is 13.1 Å². The first-order valence-electron chi connectivity index (χ1n) is 6.49. The topological polar surface area (TPSA) is 82.3 Å². The zero-order chi connectivity index (χ0) is 13.7. The Morgan fingerprint density at radius 1 is 1.32 bits per heavy atom. The van der Waals surface area contributed by atoms with Crippen molar-refractivity contribution in [2.45, 2.75) is 24.2 Å². The number of aromatic nitrogens is 1. The van der Waals surface area contributed by atoms with Crippen molar-refractivity contribution in [3.05, 3.63) is 28.7 Å². The maximum Gasteiger partial charge on any atom is 0.245 e. The van der Waals surface area contributed by atoms with Gasteiger partial charge in [0.2, 0.25) is 15.5 Å². The van der Waals surface area contributed by atoms with Crippen LogP contribution < -0.4 is 10.2 Å². The fraction of sp³-hybridized carbons (Fsp3) is 0.583. The minimum Gasteiger partial charge on any atom is -0.366 e. The monoisotopic (exact) mass is 285 g/mol. The van der Waals surface area contributed by atoms with Crippen LogP contribution in [0.5, 0.6) is 0 Å². The molecule has 2 rings (SSSR count). The summed E-state index contributed by atoms with van der Waals surface area (Å²) < 4.78 is 26.3. The molecule has 0 saturated carbocycles. The predicted molar refractivity (Wildman–Crippen MR) is 72.5 cm³/mol. The molecule has 0 unspecified atom stereocenters. The molecule has 7 heteroatoms. The van der Waals surface area contributed by atoms with E-state index >= 15 is 0 Å². The summed E-state index contributed by atoms with van der Waals surface area (Å²) in [5.74, 6) is 0. The lowest BCUT2D eigenvalue weighted by molar-refractivity contribution is 0.334. The second-order valence-electron chi connectivity index (χ2n) is 4.67. The Balaban J connectivity index is 1.84. The maximum atomic E-state index is 11.9. The molecule has 0 aromatic carbocycles. The first kappa shape index (κ1) is 14.2. The van der Waals surface area contributed by atoms with Gasteiger partial charge in [-0.1, -0.05) is 0 Å². The van der Waals surface area contributed by atoms with E-state index in [0.717, 1.165) is 26.1 Å². The summed E-state index contributed by atoms with van der Waals surface area (Å²) in [4.78, 5) is 16.2. The van der Waals surface area contributed by atoms with Gasteiger partial charge < -0.3 is 9.88 Å². The number of hydrogen-bond acceptors (Lipinski definition) is 4. The second-order valence-corrected chi connectivity index (χ2v) is 6.41. The standard InChI is InChI=1S/C12H19N3O3S/c16-11-4-6-13-10-12(11)19(17,18)14-5-3-9-15-7-1-2-8-15/h4,6,10,14H,1-3,5,7-9H2,(H,13,16). The number of aromatic amines is 1. The lowest BCUT2D eigenvalue weighted by Crippen LogP contribution is -2.31. The summed E-state index contributed by atoms with van der Waals surface area (Å²) in [5.41, 5.74) is -0.495. The average Bonchev–Trinajstić information content (AvgIpc) is 2.88. The van der Waals surface area contributed by atoms with E-state index in [-0.39, 0.29) is 4.90 Å². The fourth-order valence-corrected chi connectivity index (χ4v) is 3.33. The van der Waals surface area contributed by atoms with E-state index in [1.165, 1.54) is 31.3 Å². The highest BCUT2D eigenvalue weighted by Crippen LogP contribution is 2.07. The second kappa shape index (κ2) is 6.31. The van der Waals surface area contributed by atoms with E-state index in [2.05, 4.69) is 14.6 Å². The quantitative estimate of drug-likeness (QED) is 0.728. The molecule has 6 nitrogen and oxygen atoms in total. The van der Waals surface area contributed by atoms with Crippen LogP contribution in [0.15, 0.2) is 28.2 Å². The number of sulfonamides is 1. The van der Waals surface area contributed by atoms with E-state index in [1.54, 1.807) is 0 Å². The molecular formula is C12H19N3O3S. The summed E-state index contributed by atoms with van der Waals surface area (Å²) in [6, 6.07) is 1.21. The van der Waals surface area contributed by atoms with Gasteiger partial charge in [0, 0.05) is 25.0 Å². The number of likely N-dealkylation sites (tertiary alicyclic amines) is 1. The number of nitrogens with zero attached hydrogens (tertiary/aromatic N) is 1. The molecule has 0 radical (unpaired) electrons. The Morgan fingerprint density at radius 3 is 2.74 bits per heavy atom. The Bertz CT molecular complexity index is 562. The molecule has 1 saturated heterocycles. The van der Waals surface area contributed by atoms with Crippen molar-refractivity contribution in [3.8, 4) is 0 Å². The molecule has 2 N–H and O–H groups in total. The third-order valence-corrected chi connectivity index (χ3v) is 4.70. The van der Waals surface area contributed by atoms with Crippen LogP contribution in [0.1, 0.15) is 19.3 Å². The number of pyridine rings is 1. The van der Waals surface area contributed by atoms with Gasteiger partial charge in [0.25, 0.3) is 0 Å². The molecule has 2 heterocycles. The van der Waals surface area contributed by atoms with Crippen molar-refractivity contribution in [1.29, 1.82) is 0 Å². The summed E-state index contributed by atoms with van der Waals surface area (Å²) in [5, 5.41) is 0. The molecule has 19 heavy (non-hydrogen) atoms. The minimum atomic E-state index is -3.70. The van der Waals surface area contributed by atoms with E-state index in [0.29, 0.717) is 6.54 Å². The van der Waals surface area contributed by atoms with Crippen LogP contribution in [0, 0.1) is 0 Å². The minimum absolute atomic E-state index is 0.226. The third-order valence-electron chi connectivity index (χ3n) is 3.22. The largest absolute Gasteiger partial charge is 0.366 e. The SMILES string of the molecule is O=c1cc[nH]cc1S(=O)(=O)NCCCN1CCCC1. The highest BCUT2D eigenvalue weighted by Gasteiger charge is 2.17. The zero-order valence-corrected chi connectivity index (χ0v) is 11.6. The Labute approximate surface area is 112 Å². The molecular weight excluding hydrogens is 266 g/mol. The molecule has 0 spiro atoms. The van der Waals surface area contributed by atoms with Crippen LogP contribution in [0.4, 0.5) is 0 Å². The van der Waals surface area contributed by atoms with Gasteiger partial charge in [-0.15, -0.1) is 0 Å². The normalized spacial score (nSPS) is 16.8. The lowest BCUT2D eigenvalue weighted by atomic mass is 10.4. The lowest BCUT2D eigenvalue weighted by Gasteiger charge is -2.14. The van der Waals surface area contributed by atoms with Gasteiger partial charge in [-0.3, -0.25) is 4.79 Å². The fourth-order valence-electron chi connectivity index (χ4n) is 2.20. The molecule has 0 bridgehead atoms. The Morgan fingerprint density at radius 2 is 2.05 bits per heavy atom. The van der Waals surface area contributed by atoms with E-state index < -0.39 is 15.5 Å². The van der Waals surface area contributed by atoms with Crippen molar-refractivity contribution in [2.24, 2.45) is 0 Å².